The largest absolute Gasteiger partial charge is 0.479 e. The standard InChI is InChI=1S/C12H14O5/c1-7(14)5-8-3-2-4-9(6-13)10(8)11(15)12(16)17/h2-4,11,13,15H,5-6H2,1H3,(H,16,17). The van der Waals surface area contributed by atoms with Crippen LogP contribution in [0.3, 0.4) is 0 Å². The maximum Gasteiger partial charge on any atom is 0.337 e. The van der Waals surface area contributed by atoms with E-state index in [1.54, 1.807) is 12.1 Å². The minimum absolute atomic E-state index is 0.0352. The lowest BCUT2D eigenvalue weighted by atomic mass is 9.94. The van der Waals surface area contributed by atoms with Crippen LogP contribution in [-0.2, 0) is 22.6 Å². The molecule has 0 spiro atoms. The molecule has 1 aromatic rings. The fraction of sp³-hybridized carbons (Fsp3) is 0.333. The molecular weight excluding hydrogens is 224 g/mol. The number of aliphatic hydroxyl groups is 2. The highest BCUT2D eigenvalue weighted by molar-refractivity contribution is 5.80. The molecule has 92 valence electrons. The fourth-order valence-electron chi connectivity index (χ4n) is 1.70. The molecule has 0 aliphatic carbocycles. The molecule has 5 heteroatoms. The van der Waals surface area contributed by atoms with Crippen molar-refractivity contribution in [1.29, 1.82) is 0 Å². The van der Waals surface area contributed by atoms with Gasteiger partial charge in [-0.1, -0.05) is 18.2 Å². The molecule has 3 N–H and O–H groups in total. The molecule has 5 nitrogen and oxygen atoms in total. The lowest BCUT2D eigenvalue weighted by molar-refractivity contribution is -0.147. The number of aliphatic carboxylic acids is 1. The maximum atomic E-state index is 11.1. The van der Waals surface area contributed by atoms with Crippen molar-refractivity contribution in [2.45, 2.75) is 26.1 Å². The molecule has 1 unspecified atom stereocenters. The van der Waals surface area contributed by atoms with Crippen LogP contribution in [-0.4, -0.2) is 27.1 Å². The Labute approximate surface area is 98.3 Å². The maximum absolute atomic E-state index is 11.1. The second-order valence-corrected chi connectivity index (χ2v) is 3.77. The summed E-state index contributed by atoms with van der Waals surface area (Å²) in [6.45, 7) is 0.994. The van der Waals surface area contributed by atoms with Gasteiger partial charge >= 0.3 is 5.97 Å². The Morgan fingerprint density at radius 3 is 2.35 bits per heavy atom. The van der Waals surface area contributed by atoms with Gasteiger partial charge in [0.2, 0.25) is 0 Å². The molecule has 0 fully saturated rings. The zero-order valence-electron chi connectivity index (χ0n) is 9.38. The van der Waals surface area contributed by atoms with Crippen LogP contribution in [0.25, 0.3) is 0 Å². The molecule has 0 saturated carbocycles. The minimum Gasteiger partial charge on any atom is -0.479 e. The average Bonchev–Trinajstić information content (AvgIpc) is 2.26. The number of carbonyl (C=O) groups is 2. The van der Waals surface area contributed by atoms with Gasteiger partial charge in [0.1, 0.15) is 5.78 Å². The number of aliphatic hydroxyl groups excluding tert-OH is 2. The number of hydrogen-bond acceptors (Lipinski definition) is 4. The molecule has 0 radical (unpaired) electrons. The summed E-state index contributed by atoms with van der Waals surface area (Å²) >= 11 is 0. The third kappa shape index (κ3) is 3.12. The summed E-state index contributed by atoms with van der Waals surface area (Å²) in [6, 6.07) is 4.70. The smallest absolute Gasteiger partial charge is 0.337 e. The van der Waals surface area contributed by atoms with Crippen molar-refractivity contribution < 1.29 is 24.9 Å². The number of hydrogen-bond donors (Lipinski definition) is 3. The number of carbonyl (C=O) groups excluding carboxylic acids is 1. The normalized spacial score (nSPS) is 12.2. The molecular formula is C12H14O5. The Morgan fingerprint density at radius 2 is 1.88 bits per heavy atom. The van der Waals surface area contributed by atoms with Gasteiger partial charge in [-0.15, -0.1) is 0 Å². The fourth-order valence-corrected chi connectivity index (χ4v) is 1.70. The number of rotatable bonds is 5. The van der Waals surface area contributed by atoms with E-state index >= 15 is 0 Å². The highest BCUT2D eigenvalue weighted by Crippen LogP contribution is 2.24. The van der Waals surface area contributed by atoms with Gasteiger partial charge in [0, 0.05) is 12.0 Å². The molecule has 0 aliphatic rings. The summed E-state index contributed by atoms with van der Waals surface area (Å²) in [5, 5.41) is 27.5. The number of ketones is 1. The van der Waals surface area contributed by atoms with Crippen LogP contribution in [0.1, 0.15) is 29.7 Å². The lowest BCUT2D eigenvalue weighted by Gasteiger charge is -2.15. The Balaban J connectivity index is 3.29. The number of carboxylic acids is 1. The van der Waals surface area contributed by atoms with Gasteiger partial charge in [-0.05, 0) is 18.1 Å². The minimum atomic E-state index is -1.73. The second kappa shape index (κ2) is 5.56. The molecule has 0 aromatic heterocycles. The predicted molar refractivity (Wildman–Crippen MR) is 59.3 cm³/mol. The molecule has 17 heavy (non-hydrogen) atoms. The summed E-state index contributed by atoms with van der Waals surface area (Å²) in [7, 11) is 0. The van der Waals surface area contributed by atoms with E-state index < -0.39 is 12.1 Å². The van der Waals surface area contributed by atoms with Gasteiger partial charge in [0.25, 0.3) is 0 Å². The summed E-state index contributed by atoms with van der Waals surface area (Å²) in [4.78, 5) is 21.9. The molecule has 1 rings (SSSR count). The zero-order valence-corrected chi connectivity index (χ0v) is 9.38. The van der Waals surface area contributed by atoms with Crippen molar-refractivity contribution in [3.63, 3.8) is 0 Å². The Kier molecular flexibility index (Phi) is 4.37. The predicted octanol–water partition coefficient (Wildman–Crippen LogP) is 0.428. The van der Waals surface area contributed by atoms with Gasteiger partial charge in [-0.25, -0.2) is 4.79 Å². The molecule has 1 aromatic carbocycles. The average molecular weight is 238 g/mol. The van der Waals surface area contributed by atoms with Gasteiger partial charge in [0.15, 0.2) is 6.10 Å². The molecule has 0 bridgehead atoms. The van der Waals surface area contributed by atoms with E-state index in [1.807, 2.05) is 0 Å². The summed E-state index contributed by atoms with van der Waals surface area (Å²) in [5.41, 5.74) is 0.857. The Hall–Kier alpha value is -1.72. The summed E-state index contributed by atoms with van der Waals surface area (Å²) in [6.07, 6.45) is -1.69. The SMILES string of the molecule is CC(=O)Cc1cccc(CO)c1C(O)C(=O)O. The Bertz CT molecular complexity index is 439. The van der Waals surface area contributed by atoms with Crippen molar-refractivity contribution in [1.82, 2.24) is 0 Å². The first-order chi connectivity index (χ1) is 7.97. The highest BCUT2D eigenvalue weighted by Gasteiger charge is 2.22. The van der Waals surface area contributed by atoms with Crippen LogP contribution in [0, 0.1) is 0 Å². The van der Waals surface area contributed by atoms with Crippen LogP contribution in [0.5, 0.6) is 0 Å². The van der Waals surface area contributed by atoms with E-state index in [-0.39, 0.29) is 24.4 Å². The highest BCUT2D eigenvalue weighted by atomic mass is 16.4. The van der Waals surface area contributed by atoms with E-state index in [1.165, 1.54) is 13.0 Å². The van der Waals surface area contributed by atoms with Crippen molar-refractivity contribution in [2.24, 2.45) is 0 Å². The third-order valence-electron chi connectivity index (χ3n) is 2.40. The first-order valence-corrected chi connectivity index (χ1v) is 5.09. The van der Waals surface area contributed by atoms with Crippen LogP contribution in [0.2, 0.25) is 0 Å². The second-order valence-electron chi connectivity index (χ2n) is 3.77. The quantitative estimate of drug-likeness (QED) is 0.691. The monoisotopic (exact) mass is 238 g/mol. The molecule has 0 aliphatic heterocycles. The van der Waals surface area contributed by atoms with E-state index in [0.29, 0.717) is 11.1 Å². The van der Waals surface area contributed by atoms with E-state index in [0.717, 1.165) is 0 Å². The molecule has 0 saturated heterocycles. The van der Waals surface area contributed by atoms with Crippen molar-refractivity contribution in [3.8, 4) is 0 Å². The van der Waals surface area contributed by atoms with Crippen molar-refractivity contribution >= 4 is 11.8 Å². The van der Waals surface area contributed by atoms with Gasteiger partial charge in [-0.2, -0.15) is 0 Å². The topological polar surface area (TPSA) is 94.8 Å². The van der Waals surface area contributed by atoms with E-state index in [2.05, 4.69) is 0 Å². The first kappa shape index (κ1) is 13.3. The third-order valence-corrected chi connectivity index (χ3v) is 2.40. The molecule has 1 atom stereocenters. The van der Waals surface area contributed by atoms with Crippen molar-refractivity contribution in [2.75, 3.05) is 0 Å². The Morgan fingerprint density at radius 1 is 1.29 bits per heavy atom. The number of Topliss-reactive ketones (excluding diaryl/α,β-unsaturated/α-hetero) is 1. The molecule has 0 heterocycles. The zero-order chi connectivity index (χ0) is 13.0. The van der Waals surface area contributed by atoms with Crippen LogP contribution in [0.15, 0.2) is 18.2 Å². The summed E-state index contributed by atoms with van der Waals surface area (Å²) < 4.78 is 0. The van der Waals surface area contributed by atoms with Gasteiger partial charge in [-0.3, -0.25) is 4.79 Å². The van der Waals surface area contributed by atoms with Gasteiger partial charge in [0.05, 0.1) is 6.61 Å². The molecule has 0 amide bonds. The van der Waals surface area contributed by atoms with Crippen molar-refractivity contribution in [3.05, 3.63) is 34.9 Å². The first-order valence-electron chi connectivity index (χ1n) is 5.09. The number of carboxylic acid groups (broad SMARTS) is 1. The van der Waals surface area contributed by atoms with Crippen LogP contribution in [0.4, 0.5) is 0 Å². The lowest BCUT2D eigenvalue weighted by Crippen LogP contribution is -2.16. The van der Waals surface area contributed by atoms with E-state index in [9.17, 15) is 14.7 Å². The van der Waals surface area contributed by atoms with Crippen LogP contribution >= 0.6 is 0 Å². The van der Waals surface area contributed by atoms with E-state index in [4.69, 9.17) is 10.2 Å². The summed E-state index contributed by atoms with van der Waals surface area (Å²) in [5.74, 6) is -1.55. The number of benzene rings is 1. The van der Waals surface area contributed by atoms with Crippen LogP contribution < -0.4 is 0 Å². The van der Waals surface area contributed by atoms with Gasteiger partial charge < -0.3 is 15.3 Å².